The van der Waals surface area contributed by atoms with Crippen LogP contribution in [0.4, 0.5) is 10.5 Å². The summed E-state index contributed by atoms with van der Waals surface area (Å²) in [6.45, 7) is 28.6. The van der Waals surface area contributed by atoms with E-state index in [0.717, 1.165) is 24.2 Å². The number of allylic oxidation sites excluding steroid dienone is 1. The summed E-state index contributed by atoms with van der Waals surface area (Å²) in [6.07, 6.45) is 8.95. The lowest BCUT2D eigenvalue weighted by molar-refractivity contribution is -0.140. The number of nitrogens with one attached hydrogen (secondary N) is 5. The Hall–Kier alpha value is -5.71. The molecule has 17 heteroatoms. The molecule has 1 radical (unpaired) electrons. The van der Waals surface area contributed by atoms with Crippen molar-refractivity contribution >= 4 is 64.1 Å². The molecule has 3 heterocycles. The molecular weight excluding hydrogens is 895 g/mol. The summed E-state index contributed by atoms with van der Waals surface area (Å²) < 4.78 is 4.75. The second kappa shape index (κ2) is 25.8. The number of unbranched alkanes of at least 4 members (excludes halogenated alkanes) is 1. The van der Waals surface area contributed by atoms with Crippen LogP contribution in [0.2, 0.25) is 0 Å². The molecule has 0 spiro atoms. The fraction of sp³-hybridized carbons (Fsp3) is 0.558. The van der Waals surface area contributed by atoms with E-state index in [0.29, 0.717) is 67.3 Å². The topological polar surface area (TPSA) is 203 Å². The number of methoxy groups -OCH3 is 1. The summed E-state index contributed by atoms with van der Waals surface area (Å²) >= 11 is 1.19. The van der Waals surface area contributed by atoms with E-state index < -0.39 is 42.1 Å². The van der Waals surface area contributed by atoms with Crippen LogP contribution in [0.15, 0.2) is 81.8 Å². The first-order chi connectivity index (χ1) is 32.8. The van der Waals surface area contributed by atoms with Gasteiger partial charge in [-0.2, -0.15) is 0 Å². The van der Waals surface area contributed by atoms with Gasteiger partial charge in [0.15, 0.2) is 5.17 Å². The van der Waals surface area contributed by atoms with Crippen LogP contribution >= 0.6 is 11.8 Å². The molecule has 1 aliphatic carbocycles. The molecule has 1 aromatic carbocycles. The van der Waals surface area contributed by atoms with Crippen LogP contribution in [0.25, 0.3) is 0 Å². The number of aliphatic imine (C=N–C) groups is 2. The normalized spacial score (nSPS) is 20.1. The molecule has 1 aromatic rings. The van der Waals surface area contributed by atoms with Crippen molar-refractivity contribution < 1.29 is 39.2 Å². The van der Waals surface area contributed by atoms with Crippen LogP contribution in [0, 0.1) is 18.3 Å². The fourth-order valence-electron chi connectivity index (χ4n) is 8.47. The van der Waals surface area contributed by atoms with Gasteiger partial charge in [-0.25, -0.2) is 9.79 Å². The third kappa shape index (κ3) is 15.1. The lowest BCUT2D eigenvalue weighted by atomic mass is 9.87. The second-order valence-corrected chi connectivity index (χ2v) is 20.1. The van der Waals surface area contributed by atoms with Gasteiger partial charge in [-0.15, -0.1) is 0 Å². The summed E-state index contributed by atoms with van der Waals surface area (Å²) in [7, 11) is 1.24. The van der Waals surface area contributed by atoms with Gasteiger partial charge < -0.3 is 41.1 Å². The molecule has 5 N–H and O–H groups in total. The number of hydrogen-bond acceptors (Lipinski definition) is 11. The molecule has 385 valence electrons. The first-order valence-corrected chi connectivity index (χ1v) is 25.3. The second-order valence-electron chi connectivity index (χ2n) is 19.1. The van der Waals surface area contributed by atoms with E-state index in [2.05, 4.69) is 89.7 Å². The zero-order chi connectivity index (χ0) is 51.2. The van der Waals surface area contributed by atoms with E-state index in [1.165, 1.54) is 29.3 Å². The highest BCUT2D eigenvalue weighted by atomic mass is 32.2. The smallest absolute Gasteiger partial charge is 0.407 e. The van der Waals surface area contributed by atoms with E-state index >= 15 is 0 Å². The number of hydrogen-bond donors (Lipinski definition) is 5. The van der Waals surface area contributed by atoms with Crippen LogP contribution in [0.3, 0.4) is 0 Å². The van der Waals surface area contributed by atoms with Gasteiger partial charge in [-0.05, 0) is 78.5 Å². The number of nitrogens with zero attached hydrogens (tertiary/aromatic N) is 4. The molecule has 2 fully saturated rings. The Labute approximate surface area is 420 Å². The monoisotopic (exact) mass is 979 g/mol. The molecule has 4 aliphatic rings. The number of carbonyl (C=O) groups is 6. The van der Waals surface area contributed by atoms with Crippen molar-refractivity contribution in [3.63, 3.8) is 0 Å². The Morgan fingerprint density at radius 2 is 1.64 bits per heavy atom. The van der Waals surface area contributed by atoms with Gasteiger partial charge in [0.1, 0.15) is 30.0 Å². The molecular formula is C52H84N9O7S. The van der Waals surface area contributed by atoms with Crippen molar-refractivity contribution in [2.24, 2.45) is 21.8 Å². The lowest BCUT2D eigenvalue weighted by Gasteiger charge is -2.32. The summed E-state index contributed by atoms with van der Waals surface area (Å²) in [5, 5.41) is 16.2. The van der Waals surface area contributed by atoms with Crippen LogP contribution in [0.5, 0.6) is 0 Å². The SMILES string of the molecule is C=CSC(=NC[C@H]1CC[C@H](C2=CC(=C)C(NC(=O)[C@H](CCCC)NC(=O)[C@@H](NC(=O)C3=C[CH]3)C(C)C)=N2)N1c1ccc(C(C)(C)C)cc1)NC(=O)[C@@H]1CCCN1C(=O)[C@@H](NC(=O)OC)C(C)C.CC.[HH].[HH].[HH].[HH]. The third-order valence-corrected chi connectivity index (χ3v) is 13.0. The van der Waals surface area contributed by atoms with E-state index in [9.17, 15) is 28.8 Å². The van der Waals surface area contributed by atoms with Gasteiger partial charge in [-0.1, -0.05) is 125 Å². The number of anilines is 1. The maximum Gasteiger partial charge on any atom is 0.407 e. The summed E-state index contributed by atoms with van der Waals surface area (Å²) in [5.41, 5.74) is 3.85. The molecule has 6 amide bonds. The molecule has 6 atom stereocenters. The highest BCUT2D eigenvalue weighted by Crippen LogP contribution is 2.38. The van der Waals surface area contributed by atoms with Gasteiger partial charge >= 0.3 is 6.09 Å². The average molecular weight is 979 g/mol. The average Bonchev–Trinajstić information content (AvgIpc) is 3.72. The summed E-state index contributed by atoms with van der Waals surface area (Å²) in [4.78, 5) is 93.4. The van der Waals surface area contributed by atoms with Crippen LogP contribution in [-0.4, -0.2) is 108 Å². The highest BCUT2D eigenvalue weighted by molar-refractivity contribution is 8.16. The van der Waals surface area contributed by atoms with E-state index in [-0.39, 0.29) is 52.8 Å². The first-order valence-electron chi connectivity index (χ1n) is 24.4. The van der Waals surface area contributed by atoms with Crippen LogP contribution < -0.4 is 31.5 Å². The zero-order valence-corrected chi connectivity index (χ0v) is 43.4. The van der Waals surface area contributed by atoms with Crippen molar-refractivity contribution in [2.75, 3.05) is 25.1 Å². The number of carbonyl (C=O) groups excluding carboxylic acids is 6. The molecule has 3 aliphatic heterocycles. The molecule has 0 aromatic heterocycles. The van der Waals surface area contributed by atoms with Crippen molar-refractivity contribution in [3.05, 3.63) is 83.8 Å². The molecule has 0 saturated carbocycles. The van der Waals surface area contributed by atoms with E-state index in [4.69, 9.17) is 14.7 Å². The number of rotatable bonds is 18. The Bertz CT molecular complexity index is 2200. The Kier molecular flexibility index (Phi) is 20.9. The Morgan fingerprint density at radius 3 is 2.22 bits per heavy atom. The number of benzene rings is 1. The number of amidine groups is 2. The molecule has 69 heavy (non-hydrogen) atoms. The van der Waals surface area contributed by atoms with Gasteiger partial charge in [0.05, 0.1) is 25.4 Å². The van der Waals surface area contributed by atoms with Crippen molar-refractivity contribution in [1.29, 1.82) is 0 Å². The van der Waals surface area contributed by atoms with E-state index in [1.807, 2.05) is 54.5 Å². The highest BCUT2D eigenvalue weighted by Gasteiger charge is 2.41. The third-order valence-electron chi connectivity index (χ3n) is 12.4. The molecule has 5 rings (SSSR count). The minimum atomic E-state index is -0.871. The number of alkyl carbamates (subject to hydrolysis) is 1. The quantitative estimate of drug-likeness (QED) is 0.0714. The maximum atomic E-state index is 13.9. The largest absolute Gasteiger partial charge is 0.453 e. The Balaban J connectivity index is 0.00000853. The van der Waals surface area contributed by atoms with Crippen molar-refractivity contribution in [3.8, 4) is 0 Å². The Morgan fingerprint density at radius 1 is 0.971 bits per heavy atom. The molecule has 0 bridgehead atoms. The van der Waals surface area contributed by atoms with Crippen LogP contribution in [0.1, 0.15) is 125 Å². The van der Waals surface area contributed by atoms with Gasteiger partial charge in [0.2, 0.25) is 29.5 Å². The fourth-order valence-corrected chi connectivity index (χ4v) is 8.94. The molecule has 16 nitrogen and oxygen atoms in total. The minimum Gasteiger partial charge on any atom is -0.453 e. The predicted molar refractivity (Wildman–Crippen MR) is 285 cm³/mol. The standard InChI is InChI=1S/C50H70N9O7S.C2H6.4H2/c1-12-14-16-36(53-46(63)40(29(3)4)54-43(60)32-18-19-32)44(61)56-42-31(7)27-37(52-42)38-25-24-35(59(38)34-22-20-33(21-23-34)50(8,9)10)28-51-48(67-13-2)57-45(62)39-17-15-26-58(39)47(64)41(30(5)6)55-49(65)66-11;1-2;;;;/h13,18-23,27,29-30,35-36,38-41H,2,7,12,14-17,24-26,28H2,1,3-6,8-11H3,(H,53,63)(H,54,60)(H,55,65)(H,51,57,62)(H,52,56,61);1-2H3;4*1H/t35-,36+,38-,39+,40+,41+;;;;;/m1...../s1. The maximum absolute atomic E-state index is 13.9. The number of ether oxygens (including phenoxy) is 1. The summed E-state index contributed by atoms with van der Waals surface area (Å²) in [5.74, 6) is -2.05. The first kappa shape index (κ1) is 55.9. The molecule has 0 unspecified atom stereocenters. The van der Waals surface area contributed by atoms with Gasteiger partial charge in [0.25, 0.3) is 0 Å². The molecule has 2 saturated heterocycles. The van der Waals surface area contributed by atoms with Crippen molar-refractivity contribution in [1.82, 2.24) is 31.5 Å². The number of thioether (sulfide) groups is 1. The van der Waals surface area contributed by atoms with Crippen molar-refractivity contribution in [2.45, 2.75) is 156 Å². The number of amides is 6. The minimum absolute atomic E-state index is 0. The number of likely N-dealkylation sites (tertiary alicyclic amines) is 1. The van der Waals surface area contributed by atoms with E-state index in [1.54, 1.807) is 17.9 Å². The van der Waals surface area contributed by atoms with Crippen LogP contribution in [-0.2, 0) is 34.1 Å². The zero-order valence-electron chi connectivity index (χ0n) is 42.6. The lowest BCUT2D eigenvalue weighted by Crippen LogP contribution is -2.55. The predicted octanol–water partition coefficient (Wildman–Crippen LogP) is 7.98. The van der Waals surface area contributed by atoms with Gasteiger partial charge in [-0.3, -0.25) is 29.0 Å². The summed E-state index contributed by atoms with van der Waals surface area (Å²) in [6, 6.07) is 4.82. The van der Waals surface area contributed by atoms with Gasteiger partial charge in [0, 0.05) is 41.5 Å².